The number of aryl methyl sites for hydroxylation is 2. The third kappa shape index (κ3) is 4.17. The molecule has 2 heterocycles. The number of hydrogen-bond donors (Lipinski definition) is 1. The van der Waals surface area contributed by atoms with E-state index in [0.717, 1.165) is 34.0 Å². The van der Waals surface area contributed by atoms with Crippen LogP contribution in [0.3, 0.4) is 0 Å². The third-order valence-corrected chi connectivity index (χ3v) is 5.34. The van der Waals surface area contributed by atoms with Crippen molar-refractivity contribution in [2.75, 3.05) is 13.2 Å². The zero-order valence-corrected chi connectivity index (χ0v) is 17.9. The molecule has 0 spiro atoms. The molecule has 6 nitrogen and oxygen atoms in total. The van der Waals surface area contributed by atoms with Crippen molar-refractivity contribution in [2.24, 2.45) is 0 Å². The Morgan fingerprint density at radius 3 is 2.40 bits per heavy atom. The molecule has 0 bridgehead atoms. The van der Waals surface area contributed by atoms with Gasteiger partial charge in [-0.2, -0.15) is 5.10 Å². The summed E-state index contributed by atoms with van der Waals surface area (Å²) in [4.78, 5) is 12.9. The summed E-state index contributed by atoms with van der Waals surface area (Å²) in [5.41, 5.74) is 4.25. The van der Waals surface area contributed by atoms with Crippen molar-refractivity contribution in [2.45, 2.75) is 39.8 Å². The lowest BCUT2D eigenvalue weighted by molar-refractivity contribution is 0.0911. The van der Waals surface area contributed by atoms with E-state index in [1.165, 1.54) is 0 Å². The molecule has 0 saturated heterocycles. The fourth-order valence-corrected chi connectivity index (χ4v) is 3.63. The lowest BCUT2D eigenvalue weighted by Crippen LogP contribution is -2.41. The van der Waals surface area contributed by atoms with E-state index in [9.17, 15) is 4.79 Å². The summed E-state index contributed by atoms with van der Waals surface area (Å²) >= 11 is 0. The lowest BCUT2D eigenvalue weighted by Gasteiger charge is -2.28. The maximum absolute atomic E-state index is 12.9. The molecule has 1 aliphatic heterocycles. The zero-order valence-electron chi connectivity index (χ0n) is 17.9. The van der Waals surface area contributed by atoms with Crippen molar-refractivity contribution >= 4 is 5.91 Å². The molecule has 0 radical (unpaired) electrons. The van der Waals surface area contributed by atoms with E-state index in [1.807, 2.05) is 74.8 Å². The number of nitrogens with zero attached hydrogens (tertiary/aromatic N) is 2. The Morgan fingerprint density at radius 1 is 1.03 bits per heavy atom. The first kappa shape index (κ1) is 20.0. The van der Waals surface area contributed by atoms with E-state index in [0.29, 0.717) is 25.3 Å². The second-order valence-corrected chi connectivity index (χ2v) is 8.22. The number of fused-ring (bicyclic) bond motifs is 1. The van der Waals surface area contributed by atoms with Gasteiger partial charge in [0, 0.05) is 11.3 Å². The van der Waals surface area contributed by atoms with Gasteiger partial charge in [-0.05, 0) is 69.2 Å². The van der Waals surface area contributed by atoms with Gasteiger partial charge in [0.05, 0.1) is 17.8 Å². The molecule has 3 aromatic rings. The van der Waals surface area contributed by atoms with Gasteiger partial charge < -0.3 is 14.8 Å². The van der Waals surface area contributed by atoms with Gasteiger partial charge in [-0.15, -0.1) is 0 Å². The molecule has 0 fully saturated rings. The maximum Gasteiger partial charge on any atom is 0.251 e. The molecule has 6 heteroatoms. The second-order valence-electron chi connectivity index (χ2n) is 8.22. The van der Waals surface area contributed by atoms with Gasteiger partial charge in [-0.3, -0.25) is 9.48 Å². The number of hydrogen-bond acceptors (Lipinski definition) is 4. The van der Waals surface area contributed by atoms with Crippen LogP contribution in [0.4, 0.5) is 0 Å². The summed E-state index contributed by atoms with van der Waals surface area (Å²) in [7, 11) is 0. The molecule has 4 rings (SSSR count). The van der Waals surface area contributed by atoms with Gasteiger partial charge in [0.15, 0.2) is 11.5 Å². The van der Waals surface area contributed by atoms with Gasteiger partial charge >= 0.3 is 0 Å². The minimum Gasteiger partial charge on any atom is -0.486 e. The number of ether oxygens (including phenoxy) is 2. The zero-order chi connectivity index (χ0) is 21.3. The standard InChI is InChI=1S/C24H27N3O3/c1-16-13-17(2)27(26-16)15-18-5-7-19(8-6-18)23(28)25-24(3,4)20-9-10-21-22(14-20)30-12-11-29-21/h5-10,13-14H,11-12,15H2,1-4H3,(H,25,28). The summed E-state index contributed by atoms with van der Waals surface area (Å²) in [6, 6.07) is 15.5. The van der Waals surface area contributed by atoms with Crippen molar-refractivity contribution < 1.29 is 14.3 Å². The molecule has 30 heavy (non-hydrogen) atoms. The molecule has 0 aliphatic carbocycles. The average Bonchev–Trinajstić information content (AvgIpc) is 3.04. The van der Waals surface area contributed by atoms with Crippen LogP contribution in [0.15, 0.2) is 48.5 Å². The van der Waals surface area contributed by atoms with Crippen molar-refractivity contribution in [1.82, 2.24) is 15.1 Å². The summed E-state index contributed by atoms with van der Waals surface area (Å²) in [6.07, 6.45) is 0. The van der Waals surface area contributed by atoms with Gasteiger partial charge in [-0.1, -0.05) is 18.2 Å². The predicted molar refractivity (Wildman–Crippen MR) is 115 cm³/mol. The molecule has 1 aliphatic rings. The number of nitrogens with one attached hydrogen (secondary N) is 1. The highest BCUT2D eigenvalue weighted by molar-refractivity contribution is 5.94. The van der Waals surface area contributed by atoms with Gasteiger partial charge in [0.25, 0.3) is 5.91 Å². The lowest BCUT2D eigenvalue weighted by atomic mass is 9.93. The van der Waals surface area contributed by atoms with E-state index in [2.05, 4.69) is 16.5 Å². The van der Waals surface area contributed by atoms with Gasteiger partial charge in [0.1, 0.15) is 13.2 Å². The van der Waals surface area contributed by atoms with Crippen LogP contribution in [0.5, 0.6) is 11.5 Å². The highest BCUT2D eigenvalue weighted by atomic mass is 16.6. The van der Waals surface area contributed by atoms with Gasteiger partial charge in [0.2, 0.25) is 0 Å². The number of carbonyl (C=O) groups excluding carboxylic acids is 1. The monoisotopic (exact) mass is 405 g/mol. The van der Waals surface area contributed by atoms with E-state index in [4.69, 9.17) is 9.47 Å². The Bertz CT molecular complexity index is 1070. The quantitative estimate of drug-likeness (QED) is 0.697. The first-order valence-electron chi connectivity index (χ1n) is 10.1. The van der Waals surface area contributed by atoms with Crippen LogP contribution in [0.2, 0.25) is 0 Å². The predicted octanol–water partition coefficient (Wildman–Crippen LogP) is 3.98. The molecule has 0 atom stereocenters. The first-order valence-corrected chi connectivity index (χ1v) is 10.1. The van der Waals surface area contributed by atoms with Crippen LogP contribution in [0.1, 0.15) is 46.7 Å². The number of aromatic nitrogens is 2. The summed E-state index contributed by atoms with van der Waals surface area (Å²) in [5, 5.41) is 7.62. The largest absolute Gasteiger partial charge is 0.486 e. The molecule has 2 aromatic carbocycles. The van der Waals surface area contributed by atoms with Crippen molar-refractivity contribution in [3.63, 3.8) is 0 Å². The normalized spacial score (nSPS) is 13.2. The third-order valence-electron chi connectivity index (χ3n) is 5.34. The van der Waals surface area contributed by atoms with Gasteiger partial charge in [-0.25, -0.2) is 0 Å². The summed E-state index contributed by atoms with van der Waals surface area (Å²) in [5.74, 6) is 1.34. The highest BCUT2D eigenvalue weighted by Crippen LogP contribution is 2.34. The summed E-state index contributed by atoms with van der Waals surface area (Å²) < 4.78 is 13.2. The maximum atomic E-state index is 12.9. The van der Waals surface area contributed by atoms with Crippen molar-refractivity contribution in [3.05, 3.63) is 76.6 Å². The Balaban J connectivity index is 1.45. The highest BCUT2D eigenvalue weighted by Gasteiger charge is 2.25. The first-order chi connectivity index (χ1) is 14.3. The Hall–Kier alpha value is -3.28. The molecular formula is C24H27N3O3. The number of rotatable bonds is 5. The number of carbonyl (C=O) groups is 1. The van der Waals surface area contributed by atoms with Crippen molar-refractivity contribution in [1.29, 1.82) is 0 Å². The Morgan fingerprint density at radius 2 is 1.73 bits per heavy atom. The van der Waals surface area contributed by atoms with Crippen LogP contribution in [0, 0.1) is 13.8 Å². The van der Waals surface area contributed by atoms with Crippen molar-refractivity contribution in [3.8, 4) is 11.5 Å². The van der Waals surface area contributed by atoms with E-state index in [-0.39, 0.29) is 5.91 Å². The molecule has 1 amide bonds. The van der Waals surface area contributed by atoms with E-state index in [1.54, 1.807) is 0 Å². The topological polar surface area (TPSA) is 65.4 Å². The SMILES string of the molecule is Cc1cc(C)n(Cc2ccc(C(=O)NC(C)(C)c3ccc4c(c3)OCCO4)cc2)n1. The fourth-order valence-electron chi connectivity index (χ4n) is 3.63. The fraction of sp³-hybridized carbons (Fsp3) is 0.333. The molecule has 0 unspecified atom stereocenters. The van der Waals surface area contributed by atoms with Crippen LogP contribution in [-0.2, 0) is 12.1 Å². The smallest absolute Gasteiger partial charge is 0.251 e. The van der Waals surface area contributed by atoms with E-state index < -0.39 is 5.54 Å². The number of amides is 1. The minimum atomic E-state index is -0.560. The molecule has 1 aromatic heterocycles. The second kappa shape index (κ2) is 7.86. The van der Waals surface area contributed by atoms with Crippen LogP contribution in [-0.4, -0.2) is 28.9 Å². The minimum absolute atomic E-state index is 0.118. The van der Waals surface area contributed by atoms with Crippen LogP contribution >= 0.6 is 0 Å². The van der Waals surface area contributed by atoms with Crippen LogP contribution in [0.25, 0.3) is 0 Å². The molecule has 1 N–H and O–H groups in total. The van der Waals surface area contributed by atoms with E-state index >= 15 is 0 Å². The number of benzene rings is 2. The molecule has 0 saturated carbocycles. The summed E-state index contributed by atoms with van der Waals surface area (Å²) in [6.45, 7) is 9.77. The molecule has 156 valence electrons. The Labute approximate surface area is 176 Å². The Kier molecular flexibility index (Phi) is 5.24. The average molecular weight is 405 g/mol. The van der Waals surface area contributed by atoms with Crippen LogP contribution < -0.4 is 14.8 Å². The molecular weight excluding hydrogens is 378 g/mol.